The number of carbonyl (C=O) groups is 1. The normalized spacial score (nSPS) is 16.1. The first-order valence-corrected chi connectivity index (χ1v) is 10.2. The zero-order valence-corrected chi connectivity index (χ0v) is 18.3. The number of rotatable bonds is 4. The lowest BCUT2D eigenvalue weighted by Gasteiger charge is -2.21. The Morgan fingerprint density at radius 2 is 1.82 bits per heavy atom. The largest absolute Gasteiger partial charge is 0.492 e. The van der Waals surface area contributed by atoms with Gasteiger partial charge in [-0.05, 0) is 53.5 Å². The van der Waals surface area contributed by atoms with Crippen molar-refractivity contribution >= 4 is 11.6 Å². The van der Waals surface area contributed by atoms with Crippen LogP contribution in [0.5, 0.6) is 5.75 Å². The van der Waals surface area contributed by atoms with Gasteiger partial charge < -0.3 is 10.1 Å². The summed E-state index contributed by atoms with van der Waals surface area (Å²) in [5.74, 6) is 1.74. The number of hydrogen-bond acceptors (Lipinski definition) is 2. The van der Waals surface area contributed by atoms with Gasteiger partial charge in [0.2, 0.25) is 5.91 Å². The lowest BCUT2D eigenvalue weighted by molar-refractivity contribution is -0.117. The lowest BCUT2D eigenvalue weighted by Crippen LogP contribution is -2.21. The molecular formula is C25H33NO2. The summed E-state index contributed by atoms with van der Waals surface area (Å²) in [6.45, 7) is 15.5. The van der Waals surface area contributed by atoms with Gasteiger partial charge in [-0.3, -0.25) is 4.79 Å². The summed E-state index contributed by atoms with van der Waals surface area (Å²) < 4.78 is 6.03. The number of benzene rings is 2. The number of fused-ring (bicyclic) bond motifs is 1. The molecule has 1 amide bonds. The third kappa shape index (κ3) is 4.24. The van der Waals surface area contributed by atoms with Gasteiger partial charge >= 0.3 is 0 Å². The van der Waals surface area contributed by atoms with Crippen LogP contribution in [0.4, 0.5) is 5.69 Å². The van der Waals surface area contributed by atoms with Gasteiger partial charge in [0, 0.05) is 23.6 Å². The Kier molecular flexibility index (Phi) is 5.56. The van der Waals surface area contributed by atoms with E-state index in [1.807, 2.05) is 6.92 Å². The lowest BCUT2D eigenvalue weighted by atomic mass is 9.87. The molecule has 150 valence electrons. The highest BCUT2D eigenvalue weighted by atomic mass is 16.5. The highest BCUT2D eigenvalue weighted by Crippen LogP contribution is 2.44. The molecule has 3 rings (SSSR count). The van der Waals surface area contributed by atoms with Crippen molar-refractivity contribution in [2.45, 2.75) is 66.7 Å². The first-order valence-electron chi connectivity index (χ1n) is 10.2. The van der Waals surface area contributed by atoms with Gasteiger partial charge in [0.05, 0.1) is 6.61 Å². The second kappa shape index (κ2) is 7.62. The zero-order valence-electron chi connectivity index (χ0n) is 18.3. The SMILES string of the molecule is Cc1cc2c(c(C)c1NC(=O)CC(C)(C)C)[C@H](c1ccc(C(C)C)cc1)CO2. The van der Waals surface area contributed by atoms with Crippen LogP contribution in [0.1, 0.15) is 80.7 Å². The molecular weight excluding hydrogens is 346 g/mol. The fourth-order valence-electron chi connectivity index (χ4n) is 4.00. The minimum atomic E-state index is -0.0353. The van der Waals surface area contributed by atoms with Crippen molar-refractivity contribution < 1.29 is 9.53 Å². The number of aryl methyl sites for hydroxylation is 1. The van der Waals surface area contributed by atoms with E-state index in [1.54, 1.807) is 0 Å². The van der Waals surface area contributed by atoms with E-state index in [4.69, 9.17) is 4.74 Å². The monoisotopic (exact) mass is 379 g/mol. The Morgan fingerprint density at radius 3 is 2.39 bits per heavy atom. The maximum atomic E-state index is 12.5. The summed E-state index contributed by atoms with van der Waals surface area (Å²) in [5, 5.41) is 3.17. The Hall–Kier alpha value is -2.29. The smallest absolute Gasteiger partial charge is 0.224 e. The Labute approximate surface area is 169 Å². The van der Waals surface area contributed by atoms with Crippen molar-refractivity contribution in [2.24, 2.45) is 5.41 Å². The molecule has 0 radical (unpaired) electrons. The molecule has 0 bridgehead atoms. The van der Waals surface area contributed by atoms with E-state index in [1.165, 1.54) is 16.7 Å². The molecule has 0 unspecified atom stereocenters. The molecule has 2 aromatic rings. The van der Waals surface area contributed by atoms with E-state index >= 15 is 0 Å². The molecule has 0 spiro atoms. The van der Waals surface area contributed by atoms with Crippen molar-refractivity contribution in [1.82, 2.24) is 0 Å². The topological polar surface area (TPSA) is 38.3 Å². The van der Waals surface area contributed by atoms with E-state index in [2.05, 4.69) is 77.2 Å². The molecule has 0 fully saturated rings. The predicted octanol–water partition coefficient (Wildman–Crippen LogP) is 6.33. The van der Waals surface area contributed by atoms with Crippen LogP contribution in [0, 0.1) is 19.3 Å². The van der Waals surface area contributed by atoms with E-state index in [9.17, 15) is 4.79 Å². The van der Waals surface area contributed by atoms with E-state index in [0.717, 1.165) is 22.6 Å². The molecule has 28 heavy (non-hydrogen) atoms. The van der Waals surface area contributed by atoms with Crippen LogP contribution in [-0.2, 0) is 4.79 Å². The number of carbonyl (C=O) groups excluding carboxylic acids is 1. The molecule has 3 nitrogen and oxygen atoms in total. The minimum Gasteiger partial charge on any atom is -0.492 e. The molecule has 1 N–H and O–H groups in total. The molecule has 3 heteroatoms. The Bertz CT molecular complexity index is 873. The fourth-order valence-corrected chi connectivity index (χ4v) is 4.00. The number of amides is 1. The Balaban J connectivity index is 1.94. The fraction of sp³-hybridized carbons (Fsp3) is 0.480. The summed E-state index contributed by atoms with van der Waals surface area (Å²) in [6, 6.07) is 10.9. The number of ether oxygens (including phenoxy) is 1. The molecule has 0 aliphatic carbocycles. The van der Waals surface area contributed by atoms with Gasteiger partial charge in [-0.2, -0.15) is 0 Å². The second-order valence-electron chi connectivity index (χ2n) is 9.58. The van der Waals surface area contributed by atoms with E-state index in [0.29, 0.717) is 18.9 Å². The standard InChI is InChI=1S/C25H33NO2/c1-15(2)18-8-10-19(11-9-18)20-14-28-21-12-16(3)24(17(4)23(20)21)26-22(27)13-25(5,6)7/h8-12,15,20H,13-14H2,1-7H3,(H,26,27)/t20-/m0/s1. The van der Waals surface area contributed by atoms with Crippen LogP contribution in [0.25, 0.3) is 0 Å². The van der Waals surface area contributed by atoms with E-state index in [-0.39, 0.29) is 17.2 Å². The quantitative estimate of drug-likeness (QED) is 0.674. The highest BCUT2D eigenvalue weighted by Gasteiger charge is 2.30. The minimum absolute atomic E-state index is 0.0353. The summed E-state index contributed by atoms with van der Waals surface area (Å²) in [7, 11) is 0. The van der Waals surface area contributed by atoms with Crippen LogP contribution in [-0.4, -0.2) is 12.5 Å². The van der Waals surface area contributed by atoms with Crippen molar-refractivity contribution in [2.75, 3.05) is 11.9 Å². The van der Waals surface area contributed by atoms with Crippen LogP contribution in [0.15, 0.2) is 30.3 Å². The third-order valence-electron chi connectivity index (χ3n) is 5.50. The summed E-state index contributed by atoms with van der Waals surface area (Å²) in [4.78, 5) is 12.5. The molecule has 0 saturated carbocycles. The van der Waals surface area contributed by atoms with Crippen LogP contribution in [0.3, 0.4) is 0 Å². The summed E-state index contributed by atoms with van der Waals surface area (Å²) in [5.41, 5.74) is 6.88. The van der Waals surface area contributed by atoms with Gasteiger partial charge in [0.25, 0.3) is 0 Å². The van der Waals surface area contributed by atoms with E-state index < -0.39 is 0 Å². The number of hydrogen-bond donors (Lipinski definition) is 1. The first-order chi connectivity index (χ1) is 13.1. The highest BCUT2D eigenvalue weighted by molar-refractivity contribution is 5.93. The average Bonchev–Trinajstić information content (AvgIpc) is 3.01. The number of nitrogens with one attached hydrogen (secondary N) is 1. The molecule has 0 aromatic heterocycles. The average molecular weight is 380 g/mol. The number of anilines is 1. The summed E-state index contributed by atoms with van der Waals surface area (Å²) >= 11 is 0. The third-order valence-corrected chi connectivity index (χ3v) is 5.50. The van der Waals surface area contributed by atoms with Gasteiger partial charge in [-0.15, -0.1) is 0 Å². The zero-order chi connectivity index (χ0) is 20.6. The van der Waals surface area contributed by atoms with Crippen LogP contribution >= 0.6 is 0 Å². The maximum Gasteiger partial charge on any atom is 0.224 e. The van der Waals surface area contributed by atoms with Gasteiger partial charge in [0.1, 0.15) is 5.75 Å². The molecule has 1 aliphatic rings. The molecule has 2 aromatic carbocycles. The molecule has 1 atom stereocenters. The first kappa shape index (κ1) is 20.4. The van der Waals surface area contributed by atoms with Crippen LogP contribution < -0.4 is 10.1 Å². The maximum absolute atomic E-state index is 12.5. The van der Waals surface area contributed by atoms with Gasteiger partial charge in [0.15, 0.2) is 0 Å². The molecule has 1 heterocycles. The summed E-state index contributed by atoms with van der Waals surface area (Å²) in [6.07, 6.45) is 0.500. The Morgan fingerprint density at radius 1 is 1.18 bits per heavy atom. The predicted molar refractivity (Wildman–Crippen MR) is 116 cm³/mol. The molecule has 0 saturated heterocycles. The van der Waals surface area contributed by atoms with Crippen molar-refractivity contribution in [1.29, 1.82) is 0 Å². The van der Waals surface area contributed by atoms with Crippen molar-refractivity contribution in [3.63, 3.8) is 0 Å². The molecule has 1 aliphatic heterocycles. The van der Waals surface area contributed by atoms with Gasteiger partial charge in [-0.1, -0.05) is 58.9 Å². The van der Waals surface area contributed by atoms with Crippen molar-refractivity contribution in [3.8, 4) is 5.75 Å². The van der Waals surface area contributed by atoms with Crippen LogP contribution in [0.2, 0.25) is 0 Å². The second-order valence-corrected chi connectivity index (χ2v) is 9.58. The van der Waals surface area contributed by atoms with Gasteiger partial charge in [-0.25, -0.2) is 0 Å². The van der Waals surface area contributed by atoms with Crippen molar-refractivity contribution in [3.05, 3.63) is 58.1 Å².